The van der Waals surface area contributed by atoms with Gasteiger partial charge in [-0.15, -0.1) is 0 Å². The van der Waals surface area contributed by atoms with Crippen molar-refractivity contribution in [3.8, 4) is 0 Å². The lowest BCUT2D eigenvalue weighted by molar-refractivity contribution is -0.387. The Morgan fingerprint density at radius 3 is 2.62 bits per heavy atom. The molecule has 1 atom stereocenters. The van der Waals surface area contributed by atoms with Crippen LogP contribution in [0.1, 0.15) is 12.0 Å². The standard InChI is InChI=1S/C12H12FNO6S/c13-10-8(2-1-3-9(10)14(17)18)6-12(11(15)16)4-5-21(19,20)7-12/h1-3H,4-7H2,(H,15,16). The summed E-state index contributed by atoms with van der Waals surface area (Å²) in [7, 11) is -3.50. The first-order valence-electron chi connectivity index (χ1n) is 6.02. The minimum absolute atomic E-state index is 0.132. The first-order valence-corrected chi connectivity index (χ1v) is 7.85. The average Bonchev–Trinajstić information content (AvgIpc) is 2.68. The monoisotopic (exact) mass is 317 g/mol. The average molecular weight is 317 g/mol. The molecule has 1 saturated heterocycles. The number of benzene rings is 1. The van der Waals surface area contributed by atoms with Gasteiger partial charge in [-0.3, -0.25) is 14.9 Å². The van der Waals surface area contributed by atoms with Crippen LogP contribution in [-0.4, -0.2) is 35.9 Å². The Hall–Kier alpha value is -2.03. The predicted octanol–water partition coefficient (Wildman–Crippen LogP) is 1.17. The highest BCUT2D eigenvalue weighted by Gasteiger charge is 2.49. The molecule has 1 aromatic rings. The van der Waals surface area contributed by atoms with Gasteiger partial charge in [0.15, 0.2) is 9.84 Å². The summed E-state index contributed by atoms with van der Waals surface area (Å²) >= 11 is 0. The van der Waals surface area contributed by atoms with E-state index in [0.717, 1.165) is 6.07 Å². The summed E-state index contributed by atoms with van der Waals surface area (Å²) < 4.78 is 37.1. The molecule has 0 radical (unpaired) electrons. The van der Waals surface area contributed by atoms with E-state index in [1.165, 1.54) is 12.1 Å². The van der Waals surface area contributed by atoms with Crippen LogP contribution in [0.5, 0.6) is 0 Å². The molecule has 0 aromatic heterocycles. The molecule has 0 amide bonds. The molecule has 2 rings (SSSR count). The third kappa shape index (κ3) is 2.87. The quantitative estimate of drug-likeness (QED) is 0.658. The van der Waals surface area contributed by atoms with Gasteiger partial charge in [0.25, 0.3) is 0 Å². The van der Waals surface area contributed by atoms with E-state index < -0.39 is 49.8 Å². The van der Waals surface area contributed by atoms with Gasteiger partial charge in [-0.1, -0.05) is 12.1 Å². The third-order valence-corrected chi connectivity index (χ3v) is 5.44. The zero-order valence-corrected chi connectivity index (χ0v) is 11.6. The Balaban J connectivity index is 2.42. The molecule has 0 aliphatic carbocycles. The summed E-state index contributed by atoms with van der Waals surface area (Å²) in [5, 5.41) is 20.0. The van der Waals surface area contributed by atoms with Crippen LogP contribution in [-0.2, 0) is 21.1 Å². The number of hydrogen-bond donors (Lipinski definition) is 1. The van der Waals surface area contributed by atoms with Gasteiger partial charge in [0.2, 0.25) is 5.82 Å². The topological polar surface area (TPSA) is 115 Å². The number of carbonyl (C=O) groups is 1. The third-order valence-electron chi connectivity index (χ3n) is 3.63. The highest BCUT2D eigenvalue weighted by Crippen LogP contribution is 2.37. The molecule has 1 aliphatic heterocycles. The Morgan fingerprint density at radius 1 is 1.48 bits per heavy atom. The zero-order chi connectivity index (χ0) is 15.8. The second kappa shape index (κ2) is 5.06. The first kappa shape index (κ1) is 15.4. The van der Waals surface area contributed by atoms with Crippen LogP contribution < -0.4 is 0 Å². The molecule has 1 N–H and O–H groups in total. The van der Waals surface area contributed by atoms with Crippen molar-refractivity contribution in [1.82, 2.24) is 0 Å². The summed E-state index contributed by atoms with van der Waals surface area (Å²) in [5.74, 6) is -3.32. The minimum atomic E-state index is -3.50. The molecule has 1 aromatic carbocycles. The molecule has 9 heteroatoms. The smallest absolute Gasteiger partial charge is 0.311 e. The number of sulfone groups is 1. The Bertz CT molecular complexity index is 716. The normalized spacial score (nSPS) is 23.9. The van der Waals surface area contributed by atoms with Crippen molar-refractivity contribution in [2.24, 2.45) is 5.41 Å². The van der Waals surface area contributed by atoms with Crippen LogP contribution in [0.2, 0.25) is 0 Å². The molecule has 1 unspecified atom stereocenters. The molecular weight excluding hydrogens is 305 g/mol. The summed E-state index contributed by atoms with van der Waals surface area (Å²) in [5.41, 5.74) is -2.55. The maximum Gasteiger partial charge on any atom is 0.311 e. The van der Waals surface area contributed by atoms with Crippen molar-refractivity contribution in [3.05, 3.63) is 39.7 Å². The second-order valence-corrected chi connectivity index (χ2v) is 7.30. The lowest BCUT2D eigenvalue weighted by Crippen LogP contribution is -2.35. The predicted molar refractivity (Wildman–Crippen MR) is 70.1 cm³/mol. The Labute approximate surface area is 119 Å². The van der Waals surface area contributed by atoms with E-state index in [1.54, 1.807) is 0 Å². The van der Waals surface area contributed by atoms with E-state index in [-0.39, 0.29) is 17.7 Å². The molecule has 114 valence electrons. The molecule has 0 spiro atoms. The SMILES string of the molecule is O=C(O)C1(Cc2cccc([N+](=O)[O-])c2F)CCS(=O)(=O)C1. The molecule has 21 heavy (non-hydrogen) atoms. The zero-order valence-electron chi connectivity index (χ0n) is 10.8. The largest absolute Gasteiger partial charge is 0.481 e. The van der Waals surface area contributed by atoms with Crippen molar-refractivity contribution in [2.45, 2.75) is 12.8 Å². The second-order valence-electron chi connectivity index (χ2n) is 5.11. The fourth-order valence-electron chi connectivity index (χ4n) is 2.51. The van der Waals surface area contributed by atoms with Gasteiger partial charge in [0.05, 0.1) is 21.8 Å². The fourth-order valence-corrected chi connectivity index (χ4v) is 4.57. The maximum absolute atomic E-state index is 14.0. The van der Waals surface area contributed by atoms with E-state index in [9.17, 15) is 32.8 Å². The van der Waals surface area contributed by atoms with Crippen LogP contribution in [0.4, 0.5) is 10.1 Å². The highest BCUT2D eigenvalue weighted by atomic mass is 32.2. The van der Waals surface area contributed by atoms with E-state index in [4.69, 9.17) is 0 Å². The number of rotatable bonds is 4. The van der Waals surface area contributed by atoms with Gasteiger partial charge in [-0.05, 0) is 18.4 Å². The minimum Gasteiger partial charge on any atom is -0.481 e. The van der Waals surface area contributed by atoms with Gasteiger partial charge in [-0.2, -0.15) is 4.39 Å². The van der Waals surface area contributed by atoms with Crippen molar-refractivity contribution in [3.63, 3.8) is 0 Å². The Kier molecular flexibility index (Phi) is 3.70. The Morgan fingerprint density at radius 2 is 2.14 bits per heavy atom. The molecule has 1 heterocycles. The van der Waals surface area contributed by atoms with Crippen LogP contribution >= 0.6 is 0 Å². The van der Waals surface area contributed by atoms with Crippen molar-refractivity contribution in [2.75, 3.05) is 11.5 Å². The van der Waals surface area contributed by atoms with E-state index >= 15 is 0 Å². The molecule has 7 nitrogen and oxygen atoms in total. The first-order chi connectivity index (χ1) is 9.67. The van der Waals surface area contributed by atoms with E-state index in [0.29, 0.717) is 0 Å². The van der Waals surface area contributed by atoms with Gasteiger partial charge in [-0.25, -0.2) is 8.42 Å². The highest BCUT2D eigenvalue weighted by molar-refractivity contribution is 7.91. The molecule has 1 aliphatic rings. The number of nitro groups is 1. The molecular formula is C12H12FNO6S. The number of hydrogen-bond acceptors (Lipinski definition) is 5. The number of halogens is 1. The van der Waals surface area contributed by atoms with Crippen LogP contribution in [0.25, 0.3) is 0 Å². The molecule has 1 fully saturated rings. The van der Waals surface area contributed by atoms with Crippen LogP contribution in [0.15, 0.2) is 18.2 Å². The van der Waals surface area contributed by atoms with E-state index in [2.05, 4.69) is 0 Å². The van der Waals surface area contributed by atoms with Crippen molar-refractivity contribution < 1.29 is 27.6 Å². The van der Waals surface area contributed by atoms with Crippen LogP contribution in [0, 0.1) is 21.3 Å². The molecule has 0 bridgehead atoms. The maximum atomic E-state index is 14.0. The van der Waals surface area contributed by atoms with Crippen molar-refractivity contribution in [1.29, 1.82) is 0 Å². The van der Waals surface area contributed by atoms with Crippen molar-refractivity contribution >= 4 is 21.5 Å². The lowest BCUT2D eigenvalue weighted by atomic mass is 9.81. The summed E-state index contributed by atoms with van der Waals surface area (Å²) in [6.45, 7) is 0. The lowest BCUT2D eigenvalue weighted by Gasteiger charge is -2.22. The van der Waals surface area contributed by atoms with Gasteiger partial charge < -0.3 is 5.11 Å². The summed E-state index contributed by atoms with van der Waals surface area (Å²) in [6, 6.07) is 3.45. The van der Waals surface area contributed by atoms with Gasteiger partial charge >= 0.3 is 11.7 Å². The van der Waals surface area contributed by atoms with E-state index in [1.807, 2.05) is 0 Å². The fraction of sp³-hybridized carbons (Fsp3) is 0.417. The summed E-state index contributed by atoms with van der Waals surface area (Å²) in [6.07, 6.45) is -0.526. The number of nitrogens with zero attached hydrogens (tertiary/aromatic N) is 1. The van der Waals surface area contributed by atoms with Crippen LogP contribution in [0.3, 0.4) is 0 Å². The number of aliphatic carboxylic acids is 1. The van der Waals surface area contributed by atoms with Gasteiger partial charge in [0, 0.05) is 6.07 Å². The molecule has 0 saturated carbocycles. The number of carboxylic acids is 1. The number of carboxylic acid groups (broad SMARTS) is 1. The summed E-state index contributed by atoms with van der Waals surface area (Å²) in [4.78, 5) is 21.2. The number of nitro benzene ring substituents is 1. The van der Waals surface area contributed by atoms with Gasteiger partial charge in [0.1, 0.15) is 0 Å².